The van der Waals surface area contributed by atoms with E-state index in [1.165, 1.54) is 0 Å². The average Bonchev–Trinajstić information content (AvgIpc) is 2.11. The topological polar surface area (TPSA) is 0 Å². The Morgan fingerprint density at radius 2 is 2.00 bits per heavy atom. The molecular formula is C10H16F2. The first-order chi connectivity index (χ1) is 5.63. The van der Waals surface area contributed by atoms with Crippen molar-refractivity contribution in [1.82, 2.24) is 0 Å². The van der Waals surface area contributed by atoms with Crippen LogP contribution in [0.25, 0.3) is 0 Å². The summed E-state index contributed by atoms with van der Waals surface area (Å²) in [6, 6.07) is 0. The van der Waals surface area contributed by atoms with E-state index in [0.717, 1.165) is 6.42 Å². The van der Waals surface area contributed by atoms with E-state index in [2.05, 4.69) is 0 Å². The molecule has 1 unspecified atom stereocenters. The summed E-state index contributed by atoms with van der Waals surface area (Å²) in [7, 11) is 0. The largest absolute Gasteiger partial charge is 0.240 e. The van der Waals surface area contributed by atoms with E-state index in [0.29, 0.717) is 5.57 Å². The van der Waals surface area contributed by atoms with Crippen molar-refractivity contribution in [3.63, 3.8) is 0 Å². The molecule has 0 rings (SSSR count). The number of hydrogen-bond donors (Lipinski definition) is 0. The fraction of sp³-hybridized carbons (Fsp3) is 0.600. The Morgan fingerprint density at radius 3 is 2.42 bits per heavy atom. The van der Waals surface area contributed by atoms with Gasteiger partial charge < -0.3 is 0 Å². The summed E-state index contributed by atoms with van der Waals surface area (Å²) in [6.07, 6.45) is 3.04. The predicted octanol–water partition coefficient (Wildman–Crippen LogP) is 3.94. The summed E-state index contributed by atoms with van der Waals surface area (Å²) in [5.74, 6) is -0.637. The van der Waals surface area contributed by atoms with Crippen LogP contribution in [0.4, 0.5) is 8.78 Å². The van der Waals surface area contributed by atoms with Gasteiger partial charge in [-0.25, -0.2) is 8.78 Å². The lowest BCUT2D eigenvalue weighted by atomic mass is 10.1. The first kappa shape index (κ1) is 11.3. The van der Waals surface area contributed by atoms with Crippen LogP contribution >= 0.6 is 0 Å². The number of allylic oxidation sites excluding steroid dienone is 4. The van der Waals surface area contributed by atoms with E-state index >= 15 is 0 Å². The molecule has 1 atom stereocenters. The van der Waals surface area contributed by atoms with Gasteiger partial charge in [0.25, 0.3) is 0 Å². The molecule has 0 N–H and O–H groups in total. The Hall–Kier alpha value is -0.660. The summed E-state index contributed by atoms with van der Waals surface area (Å²) in [5, 5.41) is 0. The maximum atomic E-state index is 13.0. The molecule has 0 nitrogen and oxygen atoms in total. The van der Waals surface area contributed by atoms with Gasteiger partial charge in [-0.1, -0.05) is 26.0 Å². The Labute approximate surface area is 73.0 Å². The lowest BCUT2D eigenvalue weighted by Gasteiger charge is -2.03. The Kier molecular flexibility index (Phi) is 5.60. The molecule has 0 aromatic heterocycles. The molecule has 0 amide bonds. The molecule has 12 heavy (non-hydrogen) atoms. The van der Waals surface area contributed by atoms with Crippen molar-refractivity contribution in [3.05, 3.63) is 23.6 Å². The lowest BCUT2D eigenvalue weighted by molar-refractivity contribution is 0.315. The summed E-state index contributed by atoms with van der Waals surface area (Å²) in [6.45, 7) is 5.17. The van der Waals surface area contributed by atoms with Gasteiger partial charge in [-0.2, -0.15) is 0 Å². The molecule has 0 bridgehead atoms. The zero-order chi connectivity index (χ0) is 9.56. The molecule has 70 valence electrons. The molecule has 0 radical (unpaired) electrons. The van der Waals surface area contributed by atoms with Gasteiger partial charge in [0.05, 0.1) is 0 Å². The summed E-state index contributed by atoms with van der Waals surface area (Å²) < 4.78 is 25.7. The van der Waals surface area contributed by atoms with Crippen molar-refractivity contribution in [2.75, 3.05) is 0 Å². The van der Waals surface area contributed by atoms with Gasteiger partial charge >= 0.3 is 0 Å². The van der Waals surface area contributed by atoms with Gasteiger partial charge in [0.1, 0.15) is 5.83 Å². The fourth-order valence-corrected chi connectivity index (χ4v) is 0.800. The smallest absolute Gasteiger partial charge is 0.151 e. The van der Waals surface area contributed by atoms with Crippen LogP contribution in [0.3, 0.4) is 0 Å². The highest BCUT2D eigenvalue weighted by molar-refractivity contribution is 5.21. The van der Waals surface area contributed by atoms with Crippen molar-refractivity contribution < 1.29 is 8.78 Å². The highest BCUT2D eigenvalue weighted by Gasteiger charge is 2.11. The molecule has 0 aliphatic rings. The molecular weight excluding hydrogens is 158 g/mol. The molecule has 0 aliphatic carbocycles. The standard InChI is InChI=1S/C10H16F2/c1-4-6-7-8(3)10(12)9(11)5-2/h6-7,9H,4-5H2,1-3H3/b7-6-,10-8+. The maximum Gasteiger partial charge on any atom is 0.151 e. The molecule has 0 aromatic carbocycles. The molecule has 0 spiro atoms. The predicted molar refractivity (Wildman–Crippen MR) is 48.4 cm³/mol. The number of rotatable bonds is 4. The van der Waals surface area contributed by atoms with Crippen molar-refractivity contribution in [2.24, 2.45) is 0 Å². The van der Waals surface area contributed by atoms with E-state index in [9.17, 15) is 8.78 Å². The van der Waals surface area contributed by atoms with Gasteiger partial charge in [0.2, 0.25) is 0 Å². The normalized spacial score (nSPS) is 16.4. The Morgan fingerprint density at radius 1 is 1.42 bits per heavy atom. The van der Waals surface area contributed by atoms with Crippen LogP contribution in [0.15, 0.2) is 23.6 Å². The van der Waals surface area contributed by atoms with E-state index in [1.54, 1.807) is 19.9 Å². The molecule has 0 saturated heterocycles. The monoisotopic (exact) mass is 174 g/mol. The summed E-state index contributed by atoms with van der Waals surface area (Å²) in [4.78, 5) is 0. The first-order valence-corrected chi connectivity index (χ1v) is 4.30. The fourth-order valence-electron chi connectivity index (χ4n) is 0.800. The third-order valence-electron chi connectivity index (χ3n) is 1.61. The SMILES string of the molecule is CC/C=C\C(C)=C(\F)C(F)CC. The second-order valence-corrected chi connectivity index (χ2v) is 2.72. The van der Waals surface area contributed by atoms with Crippen LogP contribution in [0.2, 0.25) is 0 Å². The van der Waals surface area contributed by atoms with Crippen LogP contribution in [0, 0.1) is 0 Å². The van der Waals surface area contributed by atoms with Crippen LogP contribution in [0.5, 0.6) is 0 Å². The minimum absolute atomic E-state index is 0.198. The quantitative estimate of drug-likeness (QED) is 0.566. The van der Waals surface area contributed by atoms with Gasteiger partial charge in [-0.3, -0.25) is 0 Å². The lowest BCUT2D eigenvalue weighted by Crippen LogP contribution is -1.99. The number of halogens is 2. The van der Waals surface area contributed by atoms with Crippen molar-refractivity contribution in [1.29, 1.82) is 0 Å². The van der Waals surface area contributed by atoms with Crippen LogP contribution in [-0.4, -0.2) is 6.17 Å². The third-order valence-corrected chi connectivity index (χ3v) is 1.61. The van der Waals surface area contributed by atoms with Crippen molar-refractivity contribution in [3.8, 4) is 0 Å². The van der Waals surface area contributed by atoms with Gasteiger partial charge in [-0.05, 0) is 25.3 Å². The van der Waals surface area contributed by atoms with E-state index in [-0.39, 0.29) is 6.42 Å². The van der Waals surface area contributed by atoms with Crippen LogP contribution < -0.4 is 0 Å². The van der Waals surface area contributed by atoms with Gasteiger partial charge in [0.15, 0.2) is 6.17 Å². The van der Waals surface area contributed by atoms with Gasteiger partial charge in [-0.15, -0.1) is 0 Å². The average molecular weight is 174 g/mol. The number of alkyl halides is 1. The first-order valence-electron chi connectivity index (χ1n) is 4.30. The molecule has 0 saturated carbocycles. The zero-order valence-electron chi connectivity index (χ0n) is 7.90. The second kappa shape index (κ2) is 5.92. The highest BCUT2D eigenvalue weighted by atomic mass is 19.2. The zero-order valence-corrected chi connectivity index (χ0v) is 7.90. The van der Waals surface area contributed by atoms with Crippen molar-refractivity contribution >= 4 is 0 Å². The molecule has 0 heterocycles. The summed E-state index contributed by atoms with van der Waals surface area (Å²) >= 11 is 0. The number of hydrogen-bond acceptors (Lipinski definition) is 0. The van der Waals surface area contributed by atoms with E-state index < -0.39 is 12.0 Å². The third kappa shape index (κ3) is 3.65. The van der Waals surface area contributed by atoms with Crippen molar-refractivity contribution in [2.45, 2.75) is 39.8 Å². The van der Waals surface area contributed by atoms with Crippen LogP contribution in [-0.2, 0) is 0 Å². The Bertz CT molecular complexity index is 180. The molecule has 0 aliphatic heterocycles. The van der Waals surface area contributed by atoms with E-state index in [4.69, 9.17) is 0 Å². The molecule has 2 heteroatoms. The molecule has 0 aromatic rings. The highest BCUT2D eigenvalue weighted by Crippen LogP contribution is 2.17. The Balaban J connectivity index is 4.34. The summed E-state index contributed by atoms with van der Waals surface area (Å²) in [5.41, 5.74) is 0.395. The molecule has 0 fully saturated rings. The van der Waals surface area contributed by atoms with E-state index in [1.807, 2.05) is 13.0 Å². The van der Waals surface area contributed by atoms with Gasteiger partial charge in [0, 0.05) is 0 Å². The second-order valence-electron chi connectivity index (χ2n) is 2.72. The maximum absolute atomic E-state index is 13.0. The minimum Gasteiger partial charge on any atom is -0.240 e. The minimum atomic E-state index is -1.44. The van der Waals surface area contributed by atoms with Crippen LogP contribution in [0.1, 0.15) is 33.6 Å².